The monoisotopic (exact) mass is 310 g/mol. The lowest BCUT2D eigenvalue weighted by molar-refractivity contribution is -0.147. The van der Waals surface area contributed by atoms with E-state index in [4.69, 9.17) is 14.2 Å². The number of carbonyl (C=O) groups excluding carboxylic acids is 2. The zero-order valence-electron chi connectivity index (χ0n) is 13.4. The maximum Gasteiger partial charge on any atom is 0.333 e. The Hall–Kier alpha value is -1.66. The molecular formula is C16H22O6. The van der Waals surface area contributed by atoms with Crippen LogP contribution in [0, 0.1) is 5.92 Å². The van der Waals surface area contributed by atoms with Crippen molar-refractivity contribution in [2.75, 3.05) is 14.2 Å². The minimum Gasteiger partial charge on any atom is -0.466 e. The molecule has 0 N–H and O–H groups in total. The smallest absolute Gasteiger partial charge is 0.333 e. The SMILES string of the molecule is C=C(C[C@@H]1CC(C(=O)OC)=C[C@H]2OC(C)(C)O[C@@H]12)C(=O)OC. The van der Waals surface area contributed by atoms with Crippen molar-refractivity contribution in [1.29, 1.82) is 0 Å². The van der Waals surface area contributed by atoms with Gasteiger partial charge >= 0.3 is 11.9 Å². The second-order valence-electron chi connectivity index (χ2n) is 6.01. The van der Waals surface area contributed by atoms with E-state index in [1.807, 2.05) is 13.8 Å². The molecule has 0 amide bonds. The second kappa shape index (κ2) is 6.22. The summed E-state index contributed by atoms with van der Waals surface area (Å²) in [6, 6.07) is 0. The van der Waals surface area contributed by atoms with E-state index in [1.165, 1.54) is 14.2 Å². The molecule has 0 spiro atoms. The van der Waals surface area contributed by atoms with Crippen molar-refractivity contribution >= 4 is 11.9 Å². The molecule has 0 radical (unpaired) electrons. The van der Waals surface area contributed by atoms with Crippen LogP contribution < -0.4 is 0 Å². The van der Waals surface area contributed by atoms with Gasteiger partial charge in [-0.2, -0.15) is 0 Å². The molecule has 0 bridgehead atoms. The predicted octanol–water partition coefficient (Wildman–Crippen LogP) is 1.75. The van der Waals surface area contributed by atoms with Crippen molar-refractivity contribution in [2.45, 2.75) is 44.7 Å². The maximum absolute atomic E-state index is 11.8. The fourth-order valence-corrected chi connectivity index (χ4v) is 2.99. The summed E-state index contributed by atoms with van der Waals surface area (Å²) in [6.07, 6.45) is 2.01. The first-order valence-corrected chi connectivity index (χ1v) is 7.18. The lowest BCUT2D eigenvalue weighted by Gasteiger charge is -2.30. The molecule has 6 nitrogen and oxygen atoms in total. The summed E-state index contributed by atoms with van der Waals surface area (Å²) in [5.74, 6) is -1.68. The van der Waals surface area contributed by atoms with Gasteiger partial charge in [0.25, 0.3) is 0 Å². The Bertz CT molecular complexity index is 519. The molecule has 3 atom stereocenters. The van der Waals surface area contributed by atoms with Crippen LogP contribution in [0.1, 0.15) is 26.7 Å². The van der Waals surface area contributed by atoms with E-state index >= 15 is 0 Å². The normalized spacial score (nSPS) is 29.3. The summed E-state index contributed by atoms with van der Waals surface area (Å²) in [5.41, 5.74) is 0.887. The number of hydrogen-bond donors (Lipinski definition) is 0. The van der Waals surface area contributed by atoms with E-state index in [-0.39, 0.29) is 24.1 Å². The molecule has 22 heavy (non-hydrogen) atoms. The highest BCUT2D eigenvalue weighted by Crippen LogP contribution is 2.41. The van der Waals surface area contributed by atoms with Gasteiger partial charge in [-0.3, -0.25) is 0 Å². The first-order chi connectivity index (χ1) is 10.3. The number of rotatable bonds is 4. The van der Waals surface area contributed by atoms with E-state index in [0.717, 1.165) is 0 Å². The van der Waals surface area contributed by atoms with Crippen LogP contribution in [0.3, 0.4) is 0 Å². The number of ether oxygens (including phenoxy) is 4. The molecule has 0 saturated carbocycles. The summed E-state index contributed by atoms with van der Waals surface area (Å²) in [5, 5.41) is 0. The van der Waals surface area contributed by atoms with Crippen LogP contribution in [-0.4, -0.2) is 44.2 Å². The highest BCUT2D eigenvalue weighted by molar-refractivity contribution is 5.89. The first kappa shape index (κ1) is 16.7. The lowest BCUT2D eigenvalue weighted by Crippen LogP contribution is -2.36. The molecule has 1 aliphatic heterocycles. The topological polar surface area (TPSA) is 71.1 Å². The number of methoxy groups -OCH3 is 2. The second-order valence-corrected chi connectivity index (χ2v) is 6.01. The molecule has 0 aromatic heterocycles. The largest absolute Gasteiger partial charge is 0.466 e. The Morgan fingerprint density at radius 2 is 2.00 bits per heavy atom. The number of hydrogen-bond acceptors (Lipinski definition) is 6. The van der Waals surface area contributed by atoms with Gasteiger partial charge in [0.1, 0.15) is 6.10 Å². The molecule has 122 valence electrons. The summed E-state index contributed by atoms with van der Waals surface area (Å²) < 4.78 is 21.2. The van der Waals surface area contributed by atoms with Crippen LogP contribution in [-0.2, 0) is 28.5 Å². The zero-order chi connectivity index (χ0) is 16.5. The zero-order valence-corrected chi connectivity index (χ0v) is 13.4. The Kier molecular flexibility index (Phi) is 4.72. The van der Waals surface area contributed by atoms with Gasteiger partial charge in [0.2, 0.25) is 0 Å². The fourth-order valence-electron chi connectivity index (χ4n) is 2.99. The van der Waals surface area contributed by atoms with E-state index in [9.17, 15) is 9.59 Å². The standard InChI is InChI=1S/C16H22O6/c1-9(14(17)19-4)6-10-7-11(15(18)20-5)8-12-13(10)22-16(2,3)21-12/h8,10,12-13H,1,6-7H2,2-5H3/t10-,12-,13+/m1/s1. The predicted molar refractivity (Wildman–Crippen MR) is 77.8 cm³/mol. The van der Waals surface area contributed by atoms with Gasteiger partial charge in [-0.1, -0.05) is 6.58 Å². The van der Waals surface area contributed by atoms with Crippen LogP contribution in [0.4, 0.5) is 0 Å². The molecule has 2 aliphatic rings. The molecule has 1 fully saturated rings. The molecule has 1 aliphatic carbocycles. The third-order valence-corrected chi connectivity index (χ3v) is 3.91. The molecule has 0 unspecified atom stereocenters. The molecule has 1 heterocycles. The van der Waals surface area contributed by atoms with Crippen LogP contribution in [0.5, 0.6) is 0 Å². The minimum absolute atomic E-state index is 0.0996. The highest BCUT2D eigenvalue weighted by atomic mass is 16.8. The minimum atomic E-state index is -0.734. The Morgan fingerprint density at radius 1 is 1.32 bits per heavy atom. The molecular weight excluding hydrogens is 288 g/mol. The molecule has 0 aromatic rings. The first-order valence-electron chi connectivity index (χ1n) is 7.18. The summed E-state index contributed by atoms with van der Waals surface area (Å²) in [7, 11) is 2.66. The van der Waals surface area contributed by atoms with E-state index in [2.05, 4.69) is 11.3 Å². The average molecular weight is 310 g/mol. The van der Waals surface area contributed by atoms with Crippen molar-refractivity contribution in [3.8, 4) is 0 Å². The number of fused-ring (bicyclic) bond motifs is 1. The van der Waals surface area contributed by atoms with Crippen LogP contribution in [0.25, 0.3) is 0 Å². The lowest BCUT2D eigenvalue weighted by atomic mass is 9.81. The van der Waals surface area contributed by atoms with E-state index < -0.39 is 11.8 Å². The van der Waals surface area contributed by atoms with Gasteiger partial charge in [-0.15, -0.1) is 0 Å². The molecule has 1 saturated heterocycles. The number of esters is 2. The molecule has 0 aromatic carbocycles. The van der Waals surface area contributed by atoms with Gasteiger partial charge in [-0.25, -0.2) is 9.59 Å². The van der Waals surface area contributed by atoms with E-state index in [0.29, 0.717) is 24.0 Å². The Labute approximate surface area is 130 Å². The Balaban J connectivity index is 2.21. The van der Waals surface area contributed by atoms with E-state index in [1.54, 1.807) is 6.08 Å². The van der Waals surface area contributed by atoms with Gasteiger partial charge in [0, 0.05) is 11.1 Å². The summed E-state index contributed by atoms with van der Waals surface area (Å²) in [6.45, 7) is 7.40. The third-order valence-electron chi connectivity index (χ3n) is 3.91. The number of carbonyl (C=O) groups is 2. The fraction of sp³-hybridized carbons (Fsp3) is 0.625. The van der Waals surface area contributed by atoms with Gasteiger partial charge in [-0.05, 0) is 38.7 Å². The highest BCUT2D eigenvalue weighted by Gasteiger charge is 2.47. The molecule has 2 rings (SSSR count). The Morgan fingerprint density at radius 3 is 2.59 bits per heavy atom. The van der Waals surface area contributed by atoms with Gasteiger partial charge in [0.05, 0.1) is 20.3 Å². The van der Waals surface area contributed by atoms with Crippen LogP contribution in [0.15, 0.2) is 23.8 Å². The average Bonchev–Trinajstić information content (AvgIpc) is 2.79. The van der Waals surface area contributed by atoms with Gasteiger partial charge in [0.15, 0.2) is 5.79 Å². The summed E-state index contributed by atoms with van der Waals surface area (Å²) in [4.78, 5) is 23.4. The molecule has 6 heteroatoms. The van der Waals surface area contributed by atoms with Crippen molar-refractivity contribution in [3.63, 3.8) is 0 Å². The third kappa shape index (κ3) is 3.39. The summed E-state index contributed by atoms with van der Waals surface area (Å²) >= 11 is 0. The van der Waals surface area contributed by atoms with Crippen molar-refractivity contribution in [2.24, 2.45) is 5.92 Å². The van der Waals surface area contributed by atoms with Crippen molar-refractivity contribution in [3.05, 3.63) is 23.8 Å². The van der Waals surface area contributed by atoms with Crippen LogP contribution >= 0.6 is 0 Å². The van der Waals surface area contributed by atoms with Gasteiger partial charge < -0.3 is 18.9 Å². The van der Waals surface area contributed by atoms with Crippen molar-refractivity contribution in [1.82, 2.24) is 0 Å². The van der Waals surface area contributed by atoms with Crippen LogP contribution in [0.2, 0.25) is 0 Å². The maximum atomic E-state index is 11.8. The quantitative estimate of drug-likeness (QED) is 0.582. The van der Waals surface area contributed by atoms with Crippen molar-refractivity contribution < 1.29 is 28.5 Å².